The van der Waals surface area contributed by atoms with Gasteiger partial charge in [0.2, 0.25) is 0 Å². The lowest BCUT2D eigenvalue weighted by atomic mass is 9.96. The molecule has 0 amide bonds. The number of hydrogen-bond donors (Lipinski definition) is 1. The van der Waals surface area contributed by atoms with Crippen molar-refractivity contribution in [3.63, 3.8) is 0 Å². The Hall–Kier alpha value is -1.32. The third-order valence-corrected chi connectivity index (χ3v) is 4.20. The standard InChI is InChI=1S/C12H16N4OS/c1-17-12(2-6-18-7-3-12)9-16-11-10(8-13)14-4-5-15-11/h4-5H,2-3,6-7,9H2,1H3,(H,15,16). The Bertz CT molecular complexity index is 440. The molecule has 0 bridgehead atoms. The summed E-state index contributed by atoms with van der Waals surface area (Å²) in [7, 11) is 1.75. The number of thioether (sulfide) groups is 1. The normalized spacial score (nSPS) is 18.0. The third kappa shape index (κ3) is 2.92. The molecule has 1 aliphatic heterocycles. The zero-order chi connectivity index (χ0) is 12.8. The van der Waals surface area contributed by atoms with Crippen molar-refractivity contribution in [1.82, 2.24) is 9.97 Å². The van der Waals surface area contributed by atoms with Crippen molar-refractivity contribution >= 4 is 17.6 Å². The van der Waals surface area contributed by atoms with E-state index in [4.69, 9.17) is 10.00 Å². The summed E-state index contributed by atoms with van der Waals surface area (Å²) in [4.78, 5) is 8.12. The zero-order valence-electron chi connectivity index (χ0n) is 10.3. The maximum atomic E-state index is 8.95. The van der Waals surface area contributed by atoms with Crippen molar-refractivity contribution in [2.45, 2.75) is 18.4 Å². The molecule has 0 atom stereocenters. The van der Waals surface area contributed by atoms with Gasteiger partial charge in [-0.05, 0) is 24.3 Å². The molecular weight excluding hydrogens is 248 g/mol. The highest BCUT2D eigenvalue weighted by Gasteiger charge is 2.32. The summed E-state index contributed by atoms with van der Waals surface area (Å²) < 4.78 is 5.67. The van der Waals surface area contributed by atoms with Crippen LogP contribution in [0.25, 0.3) is 0 Å². The number of rotatable bonds is 4. The molecule has 1 saturated heterocycles. The summed E-state index contributed by atoms with van der Waals surface area (Å²) in [5.41, 5.74) is 0.184. The Kier molecular flexibility index (Phi) is 4.39. The summed E-state index contributed by atoms with van der Waals surface area (Å²) in [6, 6.07) is 2.03. The summed E-state index contributed by atoms with van der Waals surface area (Å²) in [6.07, 6.45) is 5.14. The van der Waals surface area contributed by atoms with Gasteiger partial charge >= 0.3 is 0 Å². The molecule has 1 aromatic rings. The van der Waals surface area contributed by atoms with Gasteiger partial charge in [-0.15, -0.1) is 0 Å². The van der Waals surface area contributed by atoms with Crippen molar-refractivity contribution < 1.29 is 4.74 Å². The van der Waals surface area contributed by atoms with E-state index in [2.05, 4.69) is 15.3 Å². The van der Waals surface area contributed by atoms with E-state index in [0.29, 0.717) is 18.1 Å². The van der Waals surface area contributed by atoms with Gasteiger partial charge in [0.25, 0.3) is 0 Å². The number of ether oxygens (including phenoxy) is 1. The van der Waals surface area contributed by atoms with Crippen molar-refractivity contribution in [2.75, 3.05) is 30.5 Å². The molecule has 2 rings (SSSR count). The lowest BCUT2D eigenvalue weighted by molar-refractivity contribution is -0.00554. The highest BCUT2D eigenvalue weighted by molar-refractivity contribution is 7.99. The number of aromatic nitrogens is 2. The molecule has 0 aliphatic carbocycles. The average Bonchev–Trinajstić information content (AvgIpc) is 2.46. The Morgan fingerprint density at radius 3 is 2.83 bits per heavy atom. The highest BCUT2D eigenvalue weighted by atomic mass is 32.2. The van der Waals surface area contributed by atoms with Gasteiger partial charge < -0.3 is 10.1 Å². The minimum atomic E-state index is -0.143. The maximum Gasteiger partial charge on any atom is 0.182 e. The van der Waals surface area contributed by atoms with E-state index in [0.717, 1.165) is 24.3 Å². The second-order valence-corrected chi connectivity index (χ2v) is 5.44. The van der Waals surface area contributed by atoms with Gasteiger partial charge in [0.05, 0.1) is 5.60 Å². The van der Waals surface area contributed by atoms with Crippen LogP contribution in [-0.4, -0.2) is 40.7 Å². The minimum absolute atomic E-state index is 0.143. The Morgan fingerprint density at radius 2 is 2.17 bits per heavy atom. The van der Waals surface area contributed by atoms with Gasteiger partial charge in [-0.25, -0.2) is 9.97 Å². The molecule has 0 spiro atoms. The third-order valence-electron chi connectivity index (χ3n) is 3.22. The van der Waals surface area contributed by atoms with Gasteiger partial charge in [0, 0.05) is 26.0 Å². The molecule has 0 aromatic carbocycles. The first-order valence-electron chi connectivity index (χ1n) is 5.87. The molecule has 0 radical (unpaired) electrons. The number of nitriles is 1. The van der Waals surface area contributed by atoms with Crippen LogP contribution in [-0.2, 0) is 4.74 Å². The Labute approximate surface area is 111 Å². The predicted molar refractivity (Wildman–Crippen MR) is 71.5 cm³/mol. The quantitative estimate of drug-likeness (QED) is 0.892. The fraction of sp³-hybridized carbons (Fsp3) is 0.583. The Morgan fingerprint density at radius 1 is 1.44 bits per heavy atom. The van der Waals surface area contributed by atoms with Crippen LogP contribution in [0.2, 0.25) is 0 Å². The number of nitrogens with one attached hydrogen (secondary N) is 1. The summed E-state index contributed by atoms with van der Waals surface area (Å²) in [5, 5.41) is 12.1. The molecule has 18 heavy (non-hydrogen) atoms. The number of hydrogen-bond acceptors (Lipinski definition) is 6. The number of nitrogens with zero attached hydrogens (tertiary/aromatic N) is 3. The van der Waals surface area contributed by atoms with Crippen LogP contribution in [0.4, 0.5) is 5.82 Å². The smallest absolute Gasteiger partial charge is 0.182 e. The van der Waals surface area contributed by atoms with E-state index in [1.54, 1.807) is 13.3 Å². The van der Waals surface area contributed by atoms with E-state index in [-0.39, 0.29) is 5.60 Å². The molecule has 5 nitrogen and oxygen atoms in total. The molecule has 0 unspecified atom stereocenters. The molecular formula is C12H16N4OS. The molecule has 96 valence electrons. The topological polar surface area (TPSA) is 70.8 Å². The van der Waals surface area contributed by atoms with Crippen LogP contribution < -0.4 is 5.32 Å². The first-order valence-corrected chi connectivity index (χ1v) is 7.03. The van der Waals surface area contributed by atoms with Crippen LogP contribution in [0.15, 0.2) is 12.4 Å². The van der Waals surface area contributed by atoms with Crippen molar-refractivity contribution in [1.29, 1.82) is 5.26 Å². The van der Waals surface area contributed by atoms with Crippen LogP contribution in [0.3, 0.4) is 0 Å². The van der Waals surface area contributed by atoms with Crippen molar-refractivity contribution in [3.05, 3.63) is 18.1 Å². The van der Waals surface area contributed by atoms with E-state index in [9.17, 15) is 0 Å². The van der Waals surface area contributed by atoms with E-state index >= 15 is 0 Å². The van der Waals surface area contributed by atoms with E-state index in [1.807, 2.05) is 17.8 Å². The minimum Gasteiger partial charge on any atom is -0.376 e. The fourth-order valence-corrected chi connectivity index (χ4v) is 3.23. The number of anilines is 1. The maximum absolute atomic E-state index is 8.95. The summed E-state index contributed by atoms with van der Waals surface area (Å²) in [5.74, 6) is 2.76. The van der Waals surface area contributed by atoms with Crippen LogP contribution >= 0.6 is 11.8 Å². The summed E-state index contributed by atoms with van der Waals surface area (Å²) >= 11 is 1.95. The molecule has 1 fully saturated rings. The monoisotopic (exact) mass is 264 g/mol. The second-order valence-electron chi connectivity index (χ2n) is 4.22. The molecule has 6 heteroatoms. The van der Waals surface area contributed by atoms with Crippen LogP contribution in [0, 0.1) is 11.3 Å². The first kappa shape index (κ1) is 13.1. The molecule has 1 aliphatic rings. The van der Waals surface area contributed by atoms with Crippen LogP contribution in [0.5, 0.6) is 0 Å². The van der Waals surface area contributed by atoms with E-state index < -0.39 is 0 Å². The molecule has 0 saturated carbocycles. The lowest BCUT2D eigenvalue weighted by Crippen LogP contribution is -2.42. The zero-order valence-corrected chi connectivity index (χ0v) is 11.2. The van der Waals surface area contributed by atoms with Crippen molar-refractivity contribution in [2.24, 2.45) is 0 Å². The fourth-order valence-electron chi connectivity index (χ4n) is 1.99. The van der Waals surface area contributed by atoms with Gasteiger partial charge in [0.1, 0.15) is 6.07 Å². The van der Waals surface area contributed by atoms with Gasteiger partial charge in [0.15, 0.2) is 11.5 Å². The first-order chi connectivity index (χ1) is 8.79. The highest BCUT2D eigenvalue weighted by Crippen LogP contribution is 2.30. The predicted octanol–water partition coefficient (Wildman–Crippen LogP) is 1.67. The molecule has 1 aromatic heterocycles. The second kappa shape index (κ2) is 6.03. The van der Waals surface area contributed by atoms with Gasteiger partial charge in [-0.1, -0.05) is 0 Å². The summed E-state index contributed by atoms with van der Waals surface area (Å²) in [6.45, 7) is 0.664. The van der Waals surface area contributed by atoms with Gasteiger partial charge in [-0.2, -0.15) is 17.0 Å². The molecule has 1 N–H and O–H groups in total. The average molecular weight is 264 g/mol. The van der Waals surface area contributed by atoms with E-state index in [1.165, 1.54) is 6.20 Å². The van der Waals surface area contributed by atoms with Crippen LogP contribution in [0.1, 0.15) is 18.5 Å². The lowest BCUT2D eigenvalue weighted by Gasteiger charge is -2.35. The number of methoxy groups -OCH3 is 1. The Balaban J connectivity index is 2.03. The van der Waals surface area contributed by atoms with Gasteiger partial charge in [-0.3, -0.25) is 0 Å². The van der Waals surface area contributed by atoms with Crippen molar-refractivity contribution in [3.8, 4) is 6.07 Å². The molecule has 2 heterocycles. The SMILES string of the molecule is COC1(CNc2nccnc2C#N)CCSCC1. The largest absolute Gasteiger partial charge is 0.376 e.